The second kappa shape index (κ2) is 7.19. The molecule has 0 heterocycles. The summed E-state index contributed by atoms with van der Waals surface area (Å²) in [5.41, 5.74) is 3.96. The summed E-state index contributed by atoms with van der Waals surface area (Å²) >= 11 is 0. The molecule has 0 spiro atoms. The Morgan fingerprint density at radius 2 is 1.81 bits per heavy atom. The fourth-order valence-electron chi connectivity index (χ4n) is 1.63. The molecule has 0 aliphatic carbocycles. The first-order chi connectivity index (χ1) is 10.2. The van der Waals surface area contributed by atoms with E-state index in [1.807, 2.05) is 30.3 Å². The Labute approximate surface area is 122 Å². The second-order valence-corrected chi connectivity index (χ2v) is 4.32. The van der Waals surface area contributed by atoms with Gasteiger partial charge in [-0.15, -0.1) is 0 Å². The highest BCUT2D eigenvalue weighted by Crippen LogP contribution is 2.14. The maximum atomic E-state index is 13.3. The van der Waals surface area contributed by atoms with Gasteiger partial charge in [-0.1, -0.05) is 42.5 Å². The van der Waals surface area contributed by atoms with Crippen molar-refractivity contribution in [1.29, 1.82) is 0 Å². The van der Waals surface area contributed by atoms with Crippen LogP contribution < -0.4 is 10.2 Å². The summed E-state index contributed by atoms with van der Waals surface area (Å²) in [6.45, 7) is 1.49. The van der Waals surface area contributed by atoms with Gasteiger partial charge in [0.25, 0.3) is 5.91 Å². The van der Waals surface area contributed by atoms with E-state index in [2.05, 4.69) is 10.5 Å². The third-order valence-electron chi connectivity index (χ3n) is 2.74. The van der Waals surface area contributed by atoms with Gasteiger partial charge >= 0.3 is 0 Å². The van der Waals surface area contributed by atoms with Crippen molar-refractivity contribution in [3.63, 3.8) is 0 Å². The first-order valence-corrected chi connectivity index (χ1v) is 6.42. The minimum Gasteiger partial charge on any atom is -0.481 e. The van der Waals surface area contributed by atoms with Crippen molar-refractivity contribution in [1.82, 2.24) is 5.43 Å². The first kappa shape index (κ1) is 14.7. The van der Waals surface area contributed by atoms with Gasteiger partial charge in [-0.2, -0.15) is 5.10 Å². The van der Waals surface area contributed by atoms with Crippen LogP contribution in [0.2, 0.25) is 0 Å². The molecule has 0 aromatic heterocycles. The number of benzene rings is 2. The highest BCUT2D eigenvalue weighted by molar-refractivity contribution is 5.99. The molecule has 2 rings (SSSR count). The average molecular weight is 286 g/mol. The van der Waals surface area contributed by atoms with Crippen molar-refractivity contribution in [2.45, 2.75) is 6.92 Å². The Kier molecular flexibility index (Phi) is 5.04. The zero-order chi connectivity index (χ0) is 15.1. The summed E-state index contributed by atoms with van der Waals surface area (Å²) in [5.74, 6) is -0.917. The predicted octanol–water partition coefficient (Wildman–Crippen LogP) is 2.74. The lowest BCUT2D eigenvalue weighted by Crippen LogP contribution is -2.25. The average Bonchev–Trinajstić information content (AvgIpc) is 2.52. The molecule has 0 fully saturated rings. The summed E-state index contributed by atoms with van der Waals surface area (Å²) in [5, 5.41) is 3.97. The summed E-state index contributed by atoms with van der Waals surface area (Å²) in [6, 6.07) is 15.4. The fourth-order valence-corrected chi connectivity index (χ4v) is 1.63. The number of hydrogen-bond donors (Lipinski definition) is 1. The third-order valence-corrected chi connectivity index (χ3v) is 2.74. The van der Waals surface area contributed by atoms with Crippen LogP contribution in [0.3, 0.4) is 0 Å². The number of amides is 1. The predicted molar refractivity (Wildman–Crippen MR) is 78.7 cm³/mol. The molecular formula is C16H15FN2O2. The number of hydrazone groups is 1. The van der Waals surface area contributed by atoms with E-state index < -0.39 is 11.7 Å². The van der Waals surface area contributed by atoms with Gasteiger partial charge in [-0.3, -0.25) is 4.79 Å². The lowest BCUT2D eigenvalue weighted by molar-refractivity contribution is -0.123. The molecule has 0 aliphatic heterocycles. The maximum Gasteiger partial charge on any atom is 0.277 e. The molecule has 1 amide bonds. The molecule has 21 heavy (non-hydrogen) atoms. The first-order valence-electron chi connectivity index (χ1n) is 6.42. The number of rotatable bonds is 5. The van der Waals surface area contributed by atoms with Gasteiger partial charge in [-0.25, -0.2) is 9.82 Å². The molecule has 0 radical (unpaired) electrons. The molecule has 0 aliphatic rings. The van der Waals surface area contributed by atoms with Crippen molar-refractivity contribution in [3.05, 3.63) is 66.0 Å². The van der Waals surface area contributed by atoms with Crippen LogP contribution in [0.15, 0.2) is 59.7 Å². The lowest BCUT2D eigenvalue weighted by Gasteiger charge is -2.06. The van der Waals surface area contributed by atoms with E-state index in [9.17, 15) is 9.18 Å². The van der Waals surface area contributed by atoms with Gasteiger partial charge in [0.15, 0.2) is 18.2 Å². The standard InChI is InChI=1S/C16H15FN2O2/c1-12(13-7-3-2-4-8-13)18-19-16(20)11-21-15-10-6-5-9-14(15)17/h2-10H,11H2,1H3,(H,19,20)/b18-12+. The van der Waals surface area contributed by atoms with Crippen LogP contribution in [-0.4, -0.2) is 18.2 Å². The Hall–Kier alpha value is -2.69. The SMILES string of the molecule is C/C(=N\NC(=O)COc1ccccc1F)c1ccccc1. The Bertz CT molecular complexity index is 642. The van der Waals surface area contributed by atoms with E-state index in [1.165, 1.54) is 12.1 Å². The van der Waals surface area contributed by atoms with Crippen LogP contribution >= 0.6 is 0 Å². The zero-order valence-corrected chi connectivity index (χ0v) is 11.5. The van der Waals surface area contributed by atoms with Crippen LogP contribution in [-0.2, 0) is 4.79 Å². The lowest BCUT2D eigenvalue weighted by atomic mass is 10.1. The number of hydrogen-bond acceptors (Lipinski definition) is 3. The van der Waals surface area contributed by atoms with Crippen molar-refractivity contribution < 1.29 is 13.9 Å². The van der Waals surface area contributed by atoms with E-state index >= 15 is 0 Å². The van der Waals surface area contributed by atoms with Gasteiger partial charge in [0.05, 0.1) is 5.71 Å². The van der Waals surface area contributed by atoms with Gasteiger partial charge in [-0.05, 0) is 24.6 Å². The minimum atomic E-state index is -0.505. The van der Waals surface area contributed by atoms with E-state index in [0.717, 1.165) is 5.56 Å². The Balaban J connectivity index is 1.87. The van der Waals surface area contributed by atoms with E-state index in [1.54, 1.807) is 19.1 Å². The van der Waals surface area contributed by atoms with E-state index in [0.29, 0.717) is 5.71 Å². The number of nitrogens with one attached hydrogen (secondary N) is 1. The molecule has 4 nitrogen and oxygen atoms in total. The number of halogens is 1. The van der Waals surface area contributed by atoms with Gasteiger partial charge in [0.1, 0.15) is 0 Å². The zero-order valence-electron chi connectivity index (χ0n) is 11.5. The van der Waals surface area contributed by atoms with E-state index in [4.69, 9.17) is 4.74 Å². The Morgan fingerprint density at radius 3 is 2.52 bits per heavy atom. The molecule has 0 saturated carbocycles. The number of para-hydroxylation sites is 1. The monoisotopic (exact) mass is 286 g/mol. The van der Waals surface area contributed by atoms with Crippen molar-refractivity contribution >= 4 is 11.6 Å². The van der Waals surface area contributed by atoms with Crippen LogP contribution in [0.4, 0.5) is 4.39 Å². The molecule has 1 N–H and O–H groups in total. The van der Waals surface area contributed by atoms with Crippen LogP contribution in [0.25, 0.3) is 0 Å². The molecular weight excluding hydrogens is 271 g/mol. The molecule has 5 heteroatoms. The third kappa shape index (κ3) is 4.42. The number of nitrogens with zero attached hydrogens (tertiary/aromatic N) is 1. The fraction of sp³-hybridized carbons (Fsp3) is 0.125. The summed E-state index contributed by atoms with van der Waals surface area (Å²) in [6.07, 6.45) is 0. The highest BCUT2D eigenvalue weighted by Gasteiger charge is 2.05. The van der Waals surface area contributed by atoms with Crippen molar-refractivity contribution in [3.8, 4) is 5.75 Å². The van der Waals surface area contributed by atoms with Gasteiger partial charge in [0.2, 0.25) is 0 Å². The number of carbonyl (C=O) groups excluding carboxylic acids is 1. The topological polar surface area (TPSA) is 50.7 Å². The molecule has 0 saturated heterocycles. The van der Waals surface area contributed by atoms with Gasteiger partial charge < -0.3 is 4.74 Å². The normalized spacial score (nSPS) is 11.0. The highest BCUT2D eigenvalue weighted by atomic mass is 19.1. The van der Waals surface area contributed by atoms with Crippen LogP contribution in [0.1, 0.15) is 12.5 Å². The molecule has 2 aromatic rings. The minimum absolute atomic E-state index is 0.0383. The molecule has 0 unspecified atom stereocenters. The van der Waals surface area contributed by atoms with Crippen molar-refractivity contribution in [2.75, 3.05) is 6.61 Å². The molecule has 108 valence electrons. The summed E-state index contributed by atoms with van der Waals surface area (Å²) in [4.78, 5) is 11.6. The Morgan fingerprint density at radius 1 is 1.14 bits per heavy atom. The number of carbonyl (C=O) groups is 1. The van der Waals surface area contributed by atoms with E-state index in [-0.39, 0.29) is 12.4 Å². The smallest absolute Gasteiger partial charge is 0.277 e. The largest absolute Gasteiger partial charge is 0.481 e. The quantitative estimate of drug-likeness (QED) is 0.678. The van der Waals surface area contributed by atoms with Crippen molar-refractivity contribution in [2.24, 2.45) is 5.10 Å². The molecule has 0 atom stereocenters. The molecule has 2 aromatic carbocycles. The van der Waals surface area contributed by atoms with Gasteiger partial charge in [0, 0.05) is 0 Å². The molecule has 0 bridgehead atoms. The second-order valence-electron chi connectivity index (χ2n) is 4.32. The van der Waals surface area contributed by atoms with Crippen LogP contribution in [0, 0.1) is 5.82 Å². The van der Waals surface area contributed by atoms with Crippen LogP contribution in [0.5, 0.6) is 5.75 Å². The summed E-state index contributed by atoms with van der Waals surface area (Å²) < 4.78 is 18.4. The summed E-state index contributed by atoms with van der Waals surface area (Å²) in [7, 11) is 0. The number of ether oxygens (including phenoxy) is 1. The maximum absolute atomic E-state index is 13.3.